The van der Waals surface area contributed by atoms with E-state index in [1.807, 2.05) is 39.8 Å². The summed E-state index contributed by atoms with van der Waals surface area (Å²) >= 11 is 0. The highest BCUT2D eigenvalue weighted by molar-refractivity contribution is 5.77. The summed E-state index contributed by atoms with van der Waals surface area (Å²) in [6.45, 7) is 8.05. The molecule has 18 heavy (non-hydrogen) atoms. The van der Waals surface area contributed by atoms with Crippen LogP contribution in [0.1, 0.15) is 42.9 Å². The van der Waals surface area contributed by atoms with Gasteiger partial charge < -0.3 is 9.84 Å². The zero-order valence-electron chi connectivity index (χ0n) is 11.8. The SMILES string of the molecule is COc1cc(C)c(C)cc1C(CC(C)C)C(=O)O. The maximum absolute atomic E-state index is 11.4. The lowest BCUT2D eigenvalue weighted by molar-refractivity contribution is -0.139. The number of benzene rings is 1. The molecule has 0 aromatic heterocycles. The summed E-state index contributed by atoms with van der Waals surface area (Å²) in [5.41, 5.74) is 2.99. The van der Waals surface area contributed by atoms with E-state index >= 15 is 0 Å². The van der Waals surface area contributed by atoms with Gasteiger partial charge in [-0.3, -0.25) is 4.79 Å². The van der Waals surface area contributed by atoms with Gasteiger partial charge in [0.25, 0.3) is 0 Å². The van der Waals surface area contributed by atoms with Gasteiger partial charge in [0.1, 0.15) is 5.75 Å². The quantitative estimate of drug-likeness (QED) is 0.869. The third kappa shape index (κ3) is 3.25. The molecule has 0 bridgehead atoms. The van der Waals surface area contributed by atoms with Crippen molar-refractivity contribution in [3.63, 3.8) is 0 Å². The number of ether oxygens (including phenoxy) is 1. The molecule has 0 aliphatic heterocycles. The van der Waals surface area contributed by atoms with Crippen LogP contribution >= 0.6 is 0 Å². The maximum Gasteiger partial charge on any atom is 0.311 e. The number of hydrogen-bond donors (Lipinski definition) is 1. The number of carboxylic acids is 1. The Balaban J connectivity index is 3.26. The Morgan fingerprint density at radius 3 is 2.28 bits per heavy atom. The van der Waals surface area contributed by atoms with E-state index in [0.29, 0.717) is 18.1 Å². The lowest BCUT2D eigenvalue weighted by atomic mass is 9.88. The average Bonchev–Trinajstić information content (AvgIpc) is 2.28. The van der Waals surface area contributed by atoms with Crippen LogP contribution < -0.4 is 4.74 Å². The average molecular weight is 250 g/mol. The second-order valence-electron chi connectivity index (χ2n) is 5.20. The number of carbonyl (C=O) groups is 1. The zero-order chi connectivity index (χ0) is 13.9. The van der Waals surface area contributed by atoms with Gasteiger partial charge in [0.05, 0.1) is 13.0 Å². The summed E-state index contributed by atoms with van der Waals surface area (Å²) in [5, 5.41) is 9.40. The Labute approximate surface area is 109 Å². The van der Waals surface area contributed by atoms with Crippen LogP contribution in [0.3, 0.4) is 0 Å². The number of methoxy groups -OCH3 is 1. The normalized spacial score (nSPS) is 12.6. The monoisotopic (exact) mass is 250 g/mol. The van der Waals surface area contributed by atoms with Crippen molar-refractivity contribution in [3.8, 4) is 5.75 Å². The summed E-state index contributed by atoms with van der Waals surface area (Å²) in [4.78, 5) is 11.4. The number of carboxylic acid groups (broad SMARTS) is 1. The van der Waals surface area contributed by atoms with Crippen LogP contribution in [0.4, 0.5) is 0 Å². The number of hydrogen-bond acceptors (Lipinski definition) is 2. The molecule has 3 nitrogen and oxygen atoms in total. The Hall–Kier alpha value is -1.51. The predicted molar refractivity (Wildman–Crippen MR) is 72.3 cm³/mol. The summed E-state index contributed by atoms with van der Waals surface area (Å²) < 4.78 is 5.33. The highest BCUT2D eigenvalue weighted by Crippen LogP contribution is 2.33. The van der Waals surface area contributed by atoms with Crippen LogP contribution in [0, 0.1) is 19.8 Å². The van der Waals surface area contributed by atoms with E-state index in [-0.39, 0.29) is 0 Å². The van der Waals surface area contributed by atoms with Crippen molar-refractivity contribution >= 4 is 5.97 Å². The van der Waals surface area contributed by atoms with Crippen LogP contribution in [-0.4, -0.2) is 18.2 Å². The molecule has 0 saturated heterocycles. The van der Waals surface area contributed by atoms with Gasteiger partial charge in [-0.15, -0.1) is 0 Å². The Morgan fingerprint density at radius 2 is 1.83 bits per heavy atom. The van der Waals surface area contributed by atoms with E-state index in [4.69, 9.17) is 4.74 Å². The highest BCUT2D eigenvalue weighted by Gasteiger charge is 2.25. The van der Waals surface area contributed by atoms with Crippen LogP contribution in [0.25, 0.3) is 0 Å². The van der Waals surface area contributed by atoms with Gasteiger partial charge in [-0.1, -0.05) is 19.9 Å². The third-order valence-electron chi connectivity index (χ3n) is 3.23. The summed E-state index contributed by atoms with van der Waals surface area (Å²) in [7, 11) is 1.59. The first-order valence-electron chi connectivity index (χ1n) is 6.24. The molecule has 1 unspecified atom stereocenters. The van der Waals surface area contributed by atoms with Crippen molar-refractivity contribution in [2.45, 2.75) is 40.0 Å². The van der Waals surface area contributed by atoms with Crippen molar-refractivity contribution in [2.75, 3.05) is 7.11 Å². The molecule has 0 amide bonds. The molecular weight excluding hydrogens is 228 g/mol. The van der Waals surface area contributed by atoms with E-state index in [0.717, 1.165) is 16.7 Å². The first kappa shape index (κ1) is 14.6. The molecule has 3 heteroatoms. The van der Waals surface area contributed by atoms with E-state index in [1.165, 1.54) is 0 Å². The van der Waals surface area contributed by atoms with Crippen LogP contribution in [0.15, 0.2) is 12.1 Å². The molecule has 0 fully saturated rings. The fourth-order valence-corrected chi connectivity index (χ4v) is 2.09. The molecule has 1 aromatic rings. The summed E-state index contributed by atoms with van der Waals surface area (Å²) in [6.07, 6.45) is 0.619. The minimum atomic E-state index is -0.787. The lowest BCUT2D eigenvalue weighted by Gasteiger charge is -2.19. The van der Waals surface area contributed by atoms with Gasteiger partial charge in [0.15, 0.2) is 0 Å². The molecule has 1 aromatic carbocycles. The van der Waals surface area contributed by atoms with Crippen LogP contribution in [0.2, 0.25) is 0 Å². The fraction of sp³-hybridized carbons (Fsp3) is 0.533. The van der Waals surface area contributed by atoms with Gasteiger partial charge in [0, 0.05) is 5.56 Å². The first-order valence-corrected chi connectivity index (χ1v) is 6.24. The van der Waals surface area contributed by atoms with Gasteiger partial charge in [-0.25, -0.2) is 0 Å². The Kier molecular flexibility index (Phi) is 4.76. The van der Waals surface area contributed by atoms with E-state index in [2.05, 4.69) is 0 Å². The Bertz CT molecular complexity index is 436. The summed E-state index contributed by atoms with van der Waals surface area (Å²) in [5.74, 6) is -0.284. The zero-order valence-corrected chi connectivity index (χ0v) is 11.8. The minimum Gasteiger partial charge on any atom is -0.496 e. The number of aryl methyl sites for hydroxylation is 2. The van der Waals surface area contributed by atoms with E-state index in [1.54, 1.807) is 7.11 Å². The Morgan fingerprint density at radius 1 is 1.28 bits per heavy atom. The fourth-order valence-electron chi connectivity index (χ4n) is 2.09. The second kappa shape index (κ2) is 5.89. The van der Waals surface area contributed by atoms with Crippen LogP contribution in [-0.2, 0) is 4.79 Å². The van der Waals surface area contributed by atoms with Gasteiger partial charge in [0.2, 0.25) is 0 Å². The second-order valence-corrected chi connectivity index (χ2v) is 5.20. The molecule has 0 spiro atoms. The molecule has 0 aliphatic rings. The van der Waals surface area contributed by atoms with E-state index < -0.39 is 11.9 Å². The van der Waals surface area contributed by atoms with Crippen molar-refractivity contribution in [1.82, 2.24) is 0 Å². The summed E-state index contributed by atoms with van der Waals surface area (Å²) in [6, 6.07) is 3.86. The molecule has 0 radical (unpaired) electrons. The van der Waals surface area contributed by atoms with Gasteiger partial charge in [-0.2, -0.15) is 0 Å². The van der Waals surface area contributed by atoms with Crippen molar-refractivity contribution in [3.05, 3.63) is 28.8 Å². The van der Waals surface area contributed by atoms with Gasteiger partial charge >= 0.3 is 5.97 Å². The molecule has 1 rings (SSSR count). The van der Waals surface area contributed by atoms with Gasteiger partial charge in [-0.05, 0) is 43.4 Å². The standard InChI is InChI=1S/C15H22O3/c1-9(2)6-13(15(16)17)12-7-10(3)11(4)8-14(12)18-5/h7-9,13H,6H2,1-5H3,(H,16,17). The molecule has 100 valence electrons. The highest BCUT2D eigenvalue weighted by atomic mass is 16.5. The number of aliphatic carboxylic acids is 1. The maximum atomic E-state index is 11.4. The molecule has 1 N–H and O–H groups in total. The predicted octanol–water partition coefficient (Wildman–Crippen LogP) is 3.53. The largest absolute Gasteiger partial charge is 0.496 e. The van der Waals surface area contributed by atoms with Crippen molar-refractivity contribution < 1.29 is 14.6 Å². The topological polar surface area (TPSA) is 46.5 Å². The van der Waals surface area contributed by atoms with Crippen molar-refractivity contribution in [1.29, 1.82) is 0 Å². The first-order chi connectivity index (χ1) is 8.36. The molecule has 1 atom stereocenters. The molecule has 0 heterocycles. The minimum absolute atomic E-state index is 0.331. The third-order valence-corrected chi connectivity index (χ3v) is 3.23. The molecule has 0 saturated carbocycles. The number of rotatable bonds is 5. The smallest absolute Gasteiger partial charge is 0.311 e. The molecule has 0 aliphatic carbocycles. The van der Waals surface area contributed by atoms with Crippen LogP contribution in [0.5, 0.6) is 5.75 Å². The molecular formula is C15H22O3. The lowest BCUT2D eigenvalue weighted by Crippen LogP contribution is -2.15. The van der Waals surface area contributed by atoms with Crippen molar-refractivity contribution in [2.24, 2.45) is 5.92 Å². The van der Waals surface area contributed by atoms with E-state index in [9.17, 15) is 9.90 Å².